The van der Waals surface area contributed by atoms with Crippen LogP contribution in [0.5, 0.6) is 0 Å². The van der Waals surface area contributed by atoms with Gasteiger partial charge in [-0.25, -0.2) is 0 Å². The Bertz CT molecular complexity index is 442. The number of hydrogen-bond acceptors (Lipinski definition) is 2. The first kappa shape index (κ1) is 14.2. The van der Waals surface area contributed by atoms with E-state index in [1.165, 1.54) is 32.1 Å². The van der Waals surface area contributed by atoms with Crippen LogP contribution in [-0.2, 0) is 4.79 Å². The molecule has 2 rings (SSSR count). The zero-order valence-electron chi connectivity index (χ0n) is 11.1. The van der Waals surface area contributed by atoms with Gasteiger partial charge in [0.15, 0.2) is 0 Å². The zero-order valence-corrected chi connectivity index (χ0v) is 11.9. The summed E-state index contributed by atoms with van der Waals surface area (Å²) in [5, 5.41) is 3.39. The van der Waals surface area contributed by atoms with Crippen LogP contribution in [0.2, 0.25) is 5.02 Å². The lowest BCUT2D eigenvalue weighted by Gasteiger charge is -2.21. The lowest BCUT2D eigenvalue weighted by molar-refractivity contribution is -0.116. The van der Waals surface area contributed by atoms with Gasteiger partial charge in [-0.05, 0) is 30.5 Å². The summed E-state index contributed by atoms with van der Waals surface area (Å²) in [6.07, 6.45) is 8.14. The molecule has 3 nitrogen and oxygen atoms in total. The molecule has 0 radical (unpaired) electrons. The van der Waals surface area contributed by atoms with Gasteiger partial charge in [-0.2, -0.15) is 0 Å². The maximum absolute atomic E-state index is 11.9. The lowest BCUT2D eigenvalue weighted by Crippen LogP contribution is -2.15. The molecule has 0 unspecified atom stereocenters. The molecule has 19 heavy (non-hydrogen) atoms. The van der Waals surface area contributed by atoms with Crippen molar-refractivity contribution in [2.45, 2.75) is 44.9 Å². The summed E-state index contributed by atoms with van der Waals surface area (Å²) in [4.78, 5) is 11.9. The monoisotopic (exact) mass is 280 g/mol. The molecule has 1 aromatic rings. The molecular weight excluding hydrogens is 260 g/mol. The van der Waals surface area contributed by atoms with E-state index in [0.29, 0.717) is 17.1 Å². The first-order valence-corrected chi connectivity index (χ1v) is 7.38. The van der Waals surface area contributed by atoms with Crippen LogP contribution in [0.4, 0.5) is 11.4 Å². The van der Waals surface area contributed by atoms with Gasteiger partial charge in [-0.3, -0.25) is 4.79 Å². The first-order valence-electron chi connectivity index (χ1n) is 7.00. The normalized spacial score (nSPS) is 16.3. The van der Waals surface area contributed by atoms with Gasteiger partial charge in [0.05, 0.1) is 10.7 Å². The number of benzene rings is 1. The number of hydrogen-bond donors (Lipinski definition) is 2. The van der Waals surface area contributed by atoms with Gasteiger partial charge < -0.3 is 11.1 Å². The SMILES string of the molecule is Nc1cc(NC(=O)CCC2CCCCC2)ccc1Cl. The molecule has 0 atom stereocenters. The fraction of sp³-hybridized carbons (Fsp3) is 0.533. The van der Waals surface area contributed by atoms with Gasteiger partial charge in [-0.1, -0.05) is 43.7 Å². The van der Waals surface area contributed by atoms with Crippen molar-refractivity contribution >= 4 is 28.9 Å². The topological polar surface area (TPSA) is 55.1 Å². The third kappa shape index (κ3) is 4.43. The average Bonchev–Trinajstić information content (AvgIpc) is 2.42. The Labute approximate surface area is 119 Å². The zero-order chi connectivity index (χ0) is 13.7. The van der Waals surface area contributed by atoms with Crippen molar-refractivity contribution in [3.8, 4) is 0 Å². The summed E-state index contributed by atoms with van der Waals surface area (Å²) < 4.78 is 0. The first-order chi connectivity index (χ1) is 9.15. The van der Waals surface area contributed by atoms with Crippen molar-refractivity contribution in [2.24, 2.45) is 5.92 Å². The minimum Gasteiger partial charge on any atom is -0.397 e. The van der Waals surface area contributed by atoms with E-state index in [1.807, 2.05) is 0 Å². The molecule has 0 saturated heterocycles. The number of halogens is 1. The summed E-state index contributed by atoms with van der Waals surface area (Å²) in [7, 11) is 0. The number of amides is 1. The number of nitrogens with two attached hydrogens (primary N) is 1. The molecular formula is C15H21ClN2O. The molecule has 1 aliphatic rings. The smallest absolute Gasteiger partial charge is 0.224 e. The molecule has 1 aromatic carbocycles. The molecule has 1 fully saturated rings. The minimum absolute atomic E-state index is 0.0623. The highest BCUT2D eigenvalue weighted by Gasteiger charge is 2.14. The maximum Gasteiger partial charge on any atom is 0.224 e. The van der Waals surface area contributed by atoms with Gasteiger partial charge in [0.2, 0.25) is 5.91 Å². The Hall–Kier alpha value is -1.22. The third-order valence-electron chi connectivity index (χ3n) is 3.78. The van der Waals surface area contributed by atoms with E-state index in [4.69, 9.17) is 17.3 Å². The maximum atomic E-state index is 11.9. The number of carbonyl (C=O) groups is 1. The number of nitrogen functional groups attached to an aromatic ring is 1. The van der Waals surface area contributed by atoms with E-state index >= 15 is 0 Å². The van der Waals surface area contributed by atoms with Gasteiger partial charge >= 0.3 is 0 Å². The van der Waals surface area contributed by atoms with Gasteiger partial charge in [0, 0.05) is 12.1 Å². The van der Waals surface area contributed by atoms with Crippen molar-refractivity contribution < 1.29 is 4.79 Å². The highest BCUT2D eigenvalue weighted by atomic mass is 35.5. The predicted molar refractivity (Wildman–Crippen MR) is 80.3 cm³/mol. The van der Waals surface area contributed by atoms with Gasteiger partial charge in [0.25, 0.3) is 0 Å². The fourth-order valence-electron chi connectivity index (χ4n) is 2.66. The molecule has 0 spiro atoms. The van der Waals surface area contributed by atoms with Crippen LogP contribution in [0.3, 0.4) is 0 Å². The summed E-state index contributed by atoms with van der Waals surface area (Å²) in [6, 6.07) is 5.17. The van der Waals surface area contributed by atoms with Crippen LogP contribution in [0, 0.1) is 5.92 Å². The van der Waals surface area contributed by atoms with E-state index in [0.717, 1.165) is 18.0 Å². The van der Waals surface area contributed by atoms with Gasteiger partial charge in [-0.15, -0.1) is 0 Å². The number of rotatable bonds is 4. The van der Waals surface area contributed by atoms with E-state index in [1.54, 1.807) is 18.2 Å². The van der Waals surface area contributed by atoms with Crippen LogP contribution in [0.15, 0.2) is 18.2 Å². The molecule has 1 amide bonds. The molecule has 4 heteroatoms. The fourth-order valence-corrected chi connectivity index (χ4v) is 2.77. The molecule has 1 saturated carbocycles. The van der Waals surface area contributed by atoms with E-state index in [2.05, 4.69) is 5.32 Å². The Morgan fingerprint density at radius 1 is 1.32 bits per heavy atom. The van der Waals surface area contributed by atoms with E-state index in [9.17, 15) is 4.79 Å². The van der Waals surface area contributed by atoms with Crippen molar-refractivity contribution in [1.29, 1.82) is 0 Å². The standard InChI is InChI=1S/C15H21ClN2O/c16-13-8-7-12(10-14(13)17)18-15(19)9-6-11-4-2-1-3-5-11/h7-8,10-11H,1-6,9,17H2,(H,18,19). The second-order valence-electron chi connectivity index (χ2n) is 5.33. The largest absolute Gasteiger partial charge is 0.397 e. The van der Waals surface area contributed by atoms with Crippen LogP contribution in [0.1, 0.15) is 44.9 Å². The lowest BCUT2D eigenvalue weighted by atomic mass is 9.86. The van der Waals surface area contributed by atoms with E-state index < -0.39 is 0 Å². The Kier molecular flexibility index (Phi) is 5.08. The van der Waals surface area contributed by atoms with Gasteiger partial charge in [0.1, 0.15) is 0 Å². The van der Waals surface area contributed by atoms with Crippen LogP contribution < -0.4 is 11.1 Å². The third-order valence-corrected chi connectivity index (χ3v) is 4.13. The highest BCUT2D eigenvalue weighted by molar-refractivity contribution is 6.33. The van der Waals surface area contributed by atoms with Crippen molar-refractivity contribution in [2.75, 3.05) is 11.1 Å². The average molecular weight is 281 g/mol. The molecule has 0 aromatic heterocycles. The molecule has 0 heterocycles. The second kappa shape index (κ2) is 6.80. The Morgan fingerprint density at radius 3 is 2.74 bits per heavy atom. The van der Waals surface area contributed by atoms with Crippen molar-refractivity contribution in [1.82, 2.24) is 0 Å². The highest BCUT2D eigenvalue weighted by Crippen LogP contribution is 2.27. The summed E-state index contributed by atoms with van der Waals surface area (Å²) in [6.45, 7) is 0. The summed E-state index contributed by atoms with van der Waals surface area (Å²) in [5.41, 5.74) is 6.91. The van der Waals surface area contributed by atoms with Crippen LogP contribution in [-0.4, -0.2) is 5.91 Å². The Balaban J connectivity index is 1.78. The number of anilines is 2. The predicted octanol–water partition coefficient (Wildman–Crippen LogP) is 4.22. The quantitative estimate of drug-likeness (QED) is 0.811. The van der Waals surface area contributed by atoms with Crippen LogP contribution in [0.25, 0.3) is 0 Å². The van der Waals surface area contributed by atoms with Crippen molar-refractivity contribution in [3.63, 3.8) is 0 Å². The molecule has 3 N–H and O–H groups in total. The molecule has 1 aliphatic carbocycles. The molecule has 0 aliphatic heterocycles. The summed E-state index contributed by atoms with van der Waals surface area (Å²) >= 11 is 5.84. The molecule has 0 bridgehead atoms. The summed E-state index contributed by atoms with van der Waals surface area (Å²) in [5.74, 6) is 0.794. The van der Waals surface area contributed by atoms with Crippen molar-refractivity contribution in [3.05, 3.63) is 23.2 Å². The van der Waals surface area contributed by atoms with Crippen LogP contribution >= 0.6 is 11.6 Å². The van der Waals surface area contributed by atoms with E-state index in [-0.39, 0.29) is 5.91 Å². The minimum atomic E-state index is 0.0623. The Morgan fingerprint density at radius 2 is 2.05 bits per heavy atom. The molecule has 104 valence electrons. The second-order valence-corrected chi connectivity index (χ2v) is 5.73. The number of carbonyl (C=O) groups excluding carboxylic acids is 1. The number of nitrogens with one attached hydrogen (secondary N) is 1.